The van der Waals surface area contributed by atoms with Crippen LogP contribution in [0.1, 0.15) is 42.2 Å². The Morgan fingerprint density at radius 2 is 2.12 bits per heavy atom. The van der Waals surface area contributed by atoms with Gasteiger partial charge in [0.25, 0.3) is 0 Å². The highest BCUT2D eigenvalue weighted by Gasteiger charge is 2.37. The summed E-state index contributed by atoms with van der Waals surface area (Å²) in [6, 6.07) is 3.19. The molecule has 2 N–H and O–H groups in total. The normalized spacial score (nSPS) is 26.3. The number of fused-ring (bicyclic) bond motifs is 1. The Labute approximate surface area is 151 Å². The molecule has 0 spiro atoms. The first-order chi connectivity index (χ1) is 12.5. The minimum atomic E-state index is -0.614. The first-order valence-corrected chi connectivity index (χ1v) is 9.09. The summed E-state index contributed by atoms with van der Waals surface area (Å²) in [6.45, 7) is 7.11. The fourth-order valence-corrected chi connectivity index (χ4v) is 4.24. The highest BCUT2D eigenvalue weighted by atomic mass is 19.1. The van der Waals surface area contributed by atoms with Gasteiger partial charge in [-0.2, -0.15) is 0 Å². The third kappa shape index (κ3) is 2.94. The van der Waals surface area contributed by atoms with Crippen molar-refractivity contribution in [3.63, 3.8) is 0 Å². The second kappa shape index (κ2) is 6.72. The molecule has 7 heteroatoms. The van der Waals surface area contributed by atoms with Gasteiger partial charge < -0.3 is 15.0 Å². The molecule has 140 valence electrons. The number of rotatable bonds is 3. The predicted molar refractivity (Wildman–Crippen MR) is 93.3 cm³/mol. The molecule has 2 aromatic rings. The van der Waals surface area contributed by atoms with Crippen LogP contribution in [0.4, 0.5) is 8.78 Å². The van der Waals surface area contributed by atoms with Crippen molar-refractivity contribution in [2.45, 2.75) is 58.1 Å². The van der Waals surface area contributed by atoms with Crippen molar-refractivity contribution in [2.75, 3.05) is 6.61 Å². The van der Waals surface area contributed by atoms with Gasteiger partial charge in [0.15, 0.2) is 0 Å². The zero-order valence-corrected chi connectivity index (χ0v) is 15.1. The van der Waals surface area contributed by atoms with Gasteiger partial charge in [-0.3, -0.25) is 4.90 Å². The zero-order valence-electron chi connectivity index (χ0n) is 15.1. The number of imidazole rings is 1. The molecule has 0 saturated carbocycles. The standard InChI is InChI=1S/C19H24F2N4O/c1-3-25-11(2)23-17-8-24(9-18(17)25)13-7-16(22)19(26-10-13)14-6-12(20)4-5-15(14)21/h4-6,13,16,19H,3,7-10,22H2,1-2H3/t13?,16?,19-/m1/s1. The van der Waals surface area contributed by atoms with Crippen LogP contribution < -0.4 is 5.73 Å². The number of halogens is 2. The highest BCUT2D eigenvalue weighted by Crippen LogP contribution is 2.34. The Hall–Kier alpha value is -1.83. The molecule has 1 saturated heterocycles. The number of hydrogen-bond donors (Lipinski definition) is 1. The highest BCUT2D eigenvalue weighted by molar-refractivity contribution is 5.24. The summed E-state index contributed by atoms with van der Waals surface area (Å²) in [5.41, 5.74) is 8.87. The smallest absolute Gasteiger partial charge is 0.129 e. The van der Waals surface area contributed by atoms with Gasteiger partial charge in [0.1, 0.15) is 23.6 Å². The molecule has 26 heavy (non-hydrogen) atoms. The monoisotopic (exact) mass is 362 g/mol. The van der Waals surface area contributed by atoms with E-state index in [0.29, 0.717) is 13.0 Å². The molecule has 1 aromatic carbocycles. The number of nitrogens with zero attached hydrogens (tertiary/aromatic N) is 3. The molecule has 0 amide bonds. The van der Waals surface area contributed by atoms with Gasteiger partial charge >= 0.3 is 0 Å². The molecular formula is C19H24F2N4O. The topological polar surface area (TPSA) is 56.3 Å². The second-order valence-electron chi connectivity index (χ2n) is 7.17. The molecule has 3 atom stereocenters. The maximum Gasteiger partial charge on any atom is 0.129 e. The quantitative estimate of drug-likeness (QED) is 0.912. The third-order valence-corrected chi connectivity index (χ3v) is 5.55. The molecule has 5 nitrogen and oxygen atoms in total. The molecule has 0 radical (unpaired) electrons. The molecule has 1 aromatic heterocycles. The molecule has 2 unspecified atom stereocenters. The first kappa shape index (κ1) is 17.6. The molecule has 3 heterocycles. The van der Waals surface area contributed by atoms with Gasteiger partial charge in [0, 0.05) is 37.3 Å². The van der Waals surface area contributed by atoms with Crippen LogP contribution in [0, 0.1) is 18.6 Å². The molecule has 2 aliphatic heterocycles. The number of aryl methyl sites for hydroxylation is 1. The van der Waals surface area contributed by atoms with E-state index in [9.17, 15) is 8.78 Å². The average Bonchev–Trinajstić information content (AvgIpc) is 3.13. The van der Waals surface area contributed by atoms with Crippen LogP contribution in [0.15, 0.2) is 18.2 Å². The van der Waals surface area contributed by atoms with Gasteiger partial charge in [-0.1, -0.05) is 0 Å². The third-order valence-electron chi connectivity index (χ3n) is 5.55. The van der Waals surface area contributed by atoms with Crippen molar-refractivity contribution < 1.29 is 13.5 Å². The Morgan fingerprint density at radius 3 is 2.85 bits per heavy atom. The van der Waals surface area contributed by atoms with Crippen molar-refractivity contribution in [3.8, 4) is 0 Å². The summed E-state index contributed by atoms with van der Waals surface area (Å²) in [4.78, 5) is 6.99. The lowest BCUT2D eigenvalue weighted by Crippen LogP contribution is -2.47. The van der Waals surface area contributed by atoms with Crippen LogP contribution >= 0.6 is 0 Å². The minimum Gasteiger partial charge on any atom is -0.370 e. The van der Waals surface area contributed by atoms with Crippen LogP contribution in [0.3, 0.4) is 0 Å². The van der Waals surface area contributed by atoms with Crippen LogP contribution in [0.2, 0.25) is 0 Å². The van der Waals surface area contributed by atoms with Crippen molar-refractivity contribution in [1.82, 2.24) is 14.5 Å². The lowest BCUT2D eigenvalue weighted by molar-refractivity contribution is -0.0535. The van der Waals surface area contributed by atoms with E-state index >= 15 is 0 Å². The summed E-state index contributed by atoms with van der Waals surface area (Å²) < 4.78 is 35.7. The summed E-state index contributed by atoms with van der Waals surface area (Å²) in [7, 11) is 0. The largest absolute Gasteiger partial charge is 0.370 e. The average molecular weight is 362 g/mol. The van der Waals surface area contributed by atoms with Crippen LogP contribution in [0.25, 0.3) is 0 Å². The van der Waals surface area contributed by atoms with E-state index in [4.69, 9.17) is 10.5 Å². The fraction of sp³-hybridized carbons (Fsp3) is 0.526. The molecular weight excluding hydrogens is 338 g/mol. The predicted octanol–water partition coefficient (Wildman–Crippen LogP) is 2.66. The lowest BCUT2D eigenvalue weighted by atomic mass is 9.93. The summed E-state index contributed by atoms with van der Waals surface area (Å²) >= 11 is 0. The van der Waals surface area contributed by atoms with E-state index in [1.165, 1.54) is 11.8 Å². The summed E-state index contributed by atoms with van der Waals surface area (Å²) in [5.74, 6) is 0.0956. The minimum absolute atomic E-state index is 0.151. The van der Waals surface area contributed by atoms with Gasteiger partial charge in [-0.05, 0) is 38.5 Å². The number of benzene rings is 1. The number of nitrogens with two attached hydrogens (primary N) is 1. The molecule has 4 rings (SSSR count). The van der Waals surface area contributed by atoms with E-state index in [0.717, 1.165) is 43.3 Å². The summed E-state index contributed by atoms with van der Waals surface area (Å²) in [6.07, 6.45) is 0.0625. The van der Waals surface area contributed by atoms with E-state index in [1.54, 1.807) is 0 Å². The van der Waals surface area contributed by atoms with Gasteiger partial charge in [-0.15, -0.1) is 0 Å². The van der Waals surface area contributed by atoms with Crippen LogP contribution in [0.5, 0.6) is 0 Å². The molecule has 0 aliphatic carbocycles. The van der Waals surface area contributed by atoms with Crippen molar-refractivity contribution >= 4 is 0 Å². The van der Waals surface area contributed by atoms with Gasteiger partial charge in [-0.25, -0.2) is 13.8 Å². The molecule has 1 fully saturated rings. The first-order valence-electron chi connectivity index (χ1n) is 9.09. The molecule has 0 bridgehead atoms. The zero-order chi connectivity index (χ0) is 18.4. The van der Waals surface area contributed by atoms with E-state index in [2.05, 4.69) is 21.4 Å². The van der Waals surface area contributed by atoms with E-state index in [1.807, 2.05) is 6.92 Å². The Balaban J connectivity index is 1.46. The lowest BCUT2D eigenvalue weighted by Gasteiger charge is -2.38. The molecule has 2 aliphatic rings. The fourth-order valence-electron chi connectivity index (χ4n) is 4.24. The van der Waals surface area contributed by atoms with E-state index < -0.39 is 17.7 Å². The van der Waals surface area contributed by atoms with Crippen LogP contribution in [-0.2, 0) is 24.4 Å². The maximum atomic E-state index is 14.1. The Kier molecular flexibility index (Phi) is 4.54. The van der Waals surface area contributed by atoms with Gasteiger partial charge in [0.05, 0.1) is 18.0 Å². The van der Waals surface area contributed by atoms with Gasteiger partial charge in [0.2, 0.25) is 0 Å². The van der Waals surface area contributed by atoms with Crippen molar-refractivity contribution in [3.05, 3.63) is 52.6 Å². The maximum absolute atomic E-state index is 14.1. The SMILES string of the molecule is CCn1c(C)nc2c1CN(C1CO[C@H](c3cc(F)ccc3F)C(N)C1)C2. The number of ether oxygens (including phenoxy) is 1. The number of aromatic nitrogens is 2. The number of hydrogen-bond acceptors (Lipinski definition) is 4. The summed E-state index contributed by atoms with van der Waals surface area (Å²) in [5, 5.41) is 0. The second-order valence-corrected chi connectivity index (χ2v) is 7.17. The van der Waals surface area contributed by atoms with Crippen molar-refractivity contribution in [2.24, 2.45) is 5.73 Å². The Morgan fingerprint density at radius 1 is 1.31 bits per heavy atom. The van der Waals surface area contributed by atoms with E-state index in [-0.39, 0.29) is 17.6 Å². The van der Waals surface area contributed by atoms with Crippen LogP contribution in [-0.4, -0.2) is 33.1 Å². The van der Waals surface area contributed by atoms with Crippen molar-refractivity contribution in [1.29, 1.82) is 0 Å². The Bertz CT molecular complexity index is 822.